The van der Waals surface area contributed by atoms with Crippen molar-refractivity contribution in [3.63, 3.8) is 0 Å². The molecule has 1 nitrogen and oxygen atoms in total. The highest BCUT2D eigenvalue weighted by molar-refractivity contribution is 5.76. The number of phenolic OH excluding ortho intramolecular Hbond substituents is 1. The molecule has 0 heterocycles. The Hall–Kier alpha value is -1.57. The van der Waals surface area contributed by atoms with Crippen molar-refractivity contribution >= 4 is 5.57 Å². The van der Waals surface area contributed by atoms with Gasteiger partial charge in [0.15, 0.2) is 11.6 Å². The average Bonchev–Trinajstić information content (AvgIpc) is 2.20. The predicted octanol–water partition coefficient (Wildman–Crippen LogP) is 3.51. The van der Waals surface area contributed by atoms with Crippen LogP contribution in [0, 0.1) is 5.82 Å². The van der Waals surface area contributed by atoms with Crippen LogP contribution in [-0.2, 0) is 0 Å². The first kappa shape index (κ1) is 10.5. The molecule has 0 saturated heterocycles. The van der Waals surface area contributed by atoms with Crippen molar-refractivity contribution in [1.29, 1.82) is 0 Å². The van der Waals surface area contributed by atoms with E-state index in [1.54, 1.807) is 6.07 Å². The van der Waals surface area contributed by atoms with Crippen molar-refractivity contribution in [2.24, 2.45) is 0 Å². The predicted molar refractivity (Wildman–Crippen MR) is 56.5 cm³/mol. The van der Waals surface area contributed by atoms with Crippen LogP contribution in [0.4, 0.5) is 4.39 Å². The molecule has 0 atom stereocenters. The van der Waals surface area contributed by atoms with Gasteiger partial charge in [-0.2, -0.15) is 0 Å². The number of aromatic hydroxyl groups is 1. The fourth-order valence-electron chi connectivity index (χ4n) is 1.10. The SMILES string of the molecule is C=C(/C(C)=C\C)c1ccc(O)c(F)c1. The van der Waals surface area contributed by atoms with Crippen LogP contribution in [0.15, 0.2) is 36.4 Å². The second-order valence-corrected chi connectivity index (χ2v) is 3.12. The van der Waals surface area contributed by atoms with E-state index in [2.05, 4.69) is 6.58 Å². The number of halogens is 1. The molecule has 0 amide bonds. The first-order chi connectivity index (χ1) is 6.56. The molecule has 0 radical (unpaired) electrons. The van der Waals surface area contributed by atoms with E-state index < -0.39 is 5.82 Å². The summed E-state index contributed by atoms with van der Waals surface area (Å²) < 4.78 is 13.0. The van der Waals surface area contributed by atoms with Gasteiger partial charge >= 0.3 is 0 Å². The molecule has 2 heteroatoms. The quantitative estimate of drug-likeness (QED) is 0.711. The largest absolute Gasteiger partial charge is 0.505 e. The summed E-state index contributed by atoms with van der Waals surface area (Å²) in [5.74, 6) is -0.952. The van der Waals surface area contributed by atoms with Gasteiger partial charge in [-0.15, -0.1) is 0 Å². The van der Waals surface area contributed by atoms with Crippen molar-refractivity contribution in [3.05, 3.63) is 47.8 Å². The van der Waals surface area contributed by atoms with Gasteiger partial charge in [0, 0.05) is 0 Å². The van der Waals surface area contributed by atoms with Crippen LogP contribution in [0.2, 0.25) is 0 Å². The summed E-state index contributed by atoms with van der Waals surface area (Å²) in [4.78, 5) is 0. The molecule has 0 fully saturated rings. The fraction of sp³-hybridized carbons (Fsp3) is 0.167. The Morgan fingerprint density at radius 3 is 2.64 bits per heavy atom. The Labute approximate surface area is 83.2 Å². The molecule has 0 bridgehead atoms. The zero-order valence-electron chi connectivity index (χ0n) is 8.34. The second-order valence-electron chi connectivity index (χ2n) is 3.12. The van der Waals surface area contributed by atoms with Crippen LogP contribution in [0.3, 0.4) is 0 Å². The van der Waals surface area contributed by atoms with Gasteiger partial charge in [-0.05, 0) is 42.7 Å². The van der Waals surface area contributed by atoms with E-state index in [1.165, 1.54) is 12.1 Å². The minimum absolute atomic E-state index is 0.334. The topological polar surface area (TPSA) is 20.2 Å². The first-order valence-electron chi connectivity index (χ1n) is 4.37. The minimum atomic E-state index is -0.618. The Morgan fingerprint density at radius 1 is 1.50 bits per heavy atom. The average molecular weight is 192 g/mol. The zero-order valence-corrected chi connectivity index (χ0v) is 8.34. The number of rotatable bonds is 2. The minimum Gasteiger partial charge on any atom is -0.505 e. The number of hydrogen-bond donors (Lipinski definition) is 1. The van der Waals surface area contributed by atoms with Crippen LogP contribution >= 0.6 is 0 Å². The van der Waals surface area contributed by atoms with E-state index in [0.29, 0.717) is 5.56 Å². The molecule has 1 aromatic rings. The van der Waals surface area contributed by atoms with Gasteiger partial charge in [0.25, 0.3) is 0 Å². The second kappa shape index (κ2) is 4.09. The van der Waals surface area contributed by atoms with E-state index in [1.807, 2.05) is 19.9 Å². The fourth-order valence-corrected chi connectivity index (χ4v) is 1.10. The van der Waals surface area contributed by atoms with Gasteiger partial charge in [0.1, 0.15) is 0 Å². The van der Waals surface area contributed by atoms with Gasteiger partial charge in [-0.3, -0.25) is 0 Å². The number of benzene rings is 1. The van der Waals surface area contributed by atoms with Gasteiger partial charge in [-0.1, -0.05) is 18.7 Å². The van der Waals surface area contributed by atoms with Crippen molar-refractivity contribution in [3.8, 4) is 5.75 Å². The molecule has 1 rings (SSSR count). The van der Waals surface area contributed by atoms with Crippen molar-refractivity contribution in [2.45, 2.75) is 13.8 Å². The molecule has 0 aliphatic heterocycles. The Kier molecular flexibility index (Phi) is 3.07. The standard InChI is InChI=1S/C12H13FO/c1-4-8(2)9(3)10-5-6-12(14)11(13)7-10/h4-7,14H,3H2,1-2H3/b8-4-. The van der Waals surface area contributed by atoms with Crippen LogP contribution in [0.5, 0.6) is 5.75 Å². The van der Waals surface area contributed by atoms with E-state index >= 15 is 0 Å². The van der Waals surface area contributed by atoms with Gasteiger partial charge in [-0.25, -0.2) is 4.39 Å². The van der Waals surface area contributed by atoms with Crippen LogP contribution in [-0.4, -0.2) is 5.11 Å². The molecule has 0 spiro atoms. The summed E-state index contributed by atoms with van der Waals surface area (Å²) >= 11 is 0. The maximum Gasteiger partial charge on any atom is 0.165 e. The number of hydrogen-bond acceptors (Lipinski definition) is 1. The summed E-state index contributed by atoms with van der Waals surface area (Å²) in [5, 5.41) is 9.00. The van der Waals surface area contributed by atoms with Gasteiger partial charge < -0.3 is 5.11 Å². The third-order valence-electron chi connectivity index (χ3n) is 2.21. The molecular formula is C12H13FO. The molecule has 1 N–H and O–H groups in total. The van der Waals surface area contributed by atoms with Crippen molar-refractivity contribution < 1.29 is 9.50 Å². The lowest BCUT2D eigenvalue weighted by Crippen LogP contribution is -1.86. The van der Waals surface area contributed by atoms with Crippen molar-refractivity contribution in [2.75, 3.05) is 0 Å². The maximum absolute atomic E-state index is 13.0. The summed E-state index contributed by atoms with van der Waals surface area (Å²) in [5.41, 5.74) is 2.46. The molecule has 1 aromatic carbocycles. The summed E-state index contributed by atoms with van der Waals surface area (Å²) in [6.45, 7) is 7.66. The van der Waals surface area contributed by atoms with E-state index in [0.717, 1.165) is 11.1 Å². The molecule has 0 saturated carbocycles. The van der Waals surface area contributed by atoms with Crippen LogP contribution in [0.25, 0.3) is 5.57 Å². The summed E-state index contributed by atoms with van der Waals surface area (Å²) in [6.07, 6.45) is 1.91. The molecule has 0 aliphatic rings. The Balaban J connectivity index is 3.09. The van der Waals surface area contributed by atoms with Crippen LogP contribution < -0.4 is 0 Å². The Morgan fingerprint density at radius 2 is 2.14 bits per heavy atom. The van der Waals surface area contributed by atoms with Crippen LogP contribution in [0.1, 0.15) is 19.4 Å². The maximum atomic E-state index is 13.0. The highest BCUT2D eigenvalue weighted by Crippen LogP contribution is 2.24. The third kappa shape index (κ3) is 2.02. The highest BCUT2D eigenvalue weighted by Gasteiger charge is 2.05. The summed E-state index contributed by atoms with van der Waals surface area (Å²) in [7, 11) is 0. The van der Waals surface area contributed by atoms with Crippen molar-refractivity contribution in [1.82, 2.24) is 0 Å². The molecule has 14 heavy (non-hydrogen) atoms. The number of phenols is 1. The molecule has 0 unspecified atom stereocenters. The lowest BCUT2D eigenvalue weighted by molar-refractivity contribution is 0.432. The normalized spacial score (nSPS) is 11.5. The smallest absolute Gasteiger partial charge is 0.165 e. The third-order valence-corrected chi connectivity index (χ3v) is 2.21. The number of allylic oxidation sites excluding steroid dienone is 3. The molecular weight excluding hydrogens is 179 g/mol. The molecule has 74 valence electrons. The van der Waals surface area contributed by atoms with E-state index in [-0.39, 0.29) is 5.75 Å². The lowest BCUT2D eigenvalue weighted by Gasteiger charge is -2.06. The first-order valence-corrected chi connectivity index (χ1v) is 4.37. The van der Waals surface area contributed by atoms with E-state index in [9.17, 15) is 4.39 Å². The highest BCUT2D eigenvalue weighted by atomic mass is 19.1. The summed E-state index contributed by atoms with van der Waals surface area (Å²) in [6, 6.07) is 4.26. The molecule has 0 aromatic heterocycles. The Bertz CT molecular complexity index is 391. The zero-order chi connectivity index (χ0) is 10.7. The lowest BCUT2D eigenvalue weighted by atomic mass is 10.0. The monoisotopic (exact) mass is 192 g/mol. The van der Waals surface area contributed by atoms with Gasteiger partial charge in [0.2, 0.25) is 0 Å². The molecule has 0 aliphatic carbocycles. The van der Waals surface area contributed by atoms with E-state index in [4.69, 9.17) is 5.11 Å². The van der Waals surface area contributed by atoms with Gasteiger partial charge in [0.05, 0.1) is 0 Å².